The molecule has 0 saturated carbocycles. The third kappa shape index (κ3) is 4.06. The number of rotatable bonds is 4. The number of aromatic hydroxyl groups is 1. The average Bonchev–Trinajstić information content (AvgIpc) is 2.56. The highest BCUT2D eigenvalue weighted by Gasteiger charge is 2.32. The molecule has 0 saturated heterocycles. The number of benzene rings is 1. The van der Waals surface area contributed by atoms with E-state index < -0.39 is 34.4 Å². The van der Waals surface area contributed by atoms with E-state index in [1.807, 2.05) is 0 Å². The summed E-state index contributed by atoms with van der Waals surface area (Å²) in [7, 11) is 1.27. The van der Waals surface area contributed by atoms with E-state index in [1.165, 1.54) is 7.05 Å². The molecule has 0 atom stereocenters. The number of hydrogen-bond acceptors (Lipinski definition) is 5. The van der Waals surface area contributed by atoms with Gasteiger partial charge in [-0.15, -0.1) is 0 Å². The van der Waals surface area contributed by atoms with E-state index >= 15 is 0 Å². The standard InChI is InChI=1S/C16H12F3NO5/c1-20(6-11-5-13(22)14(23)8-25-11)15(24)12-4-10(16(17,18)19)3-2-9(12)7-21/h2-5,7-8,23H,6H2,1H3. The van der Waals surface area contributed by atoms with Gasteiger partial charge < -0.3 is 14.4 Å². The van der Waals surface area contributed by atoms with Crippen molar-refractivity contribution in [2.75, 3.05) is 7.05 Å². The van der Waals surface area contributed by atoms with Crippen molar-refractivity contribution in [1.29, 1.82) is 0 Å². The third-order valence-electron chi connectivity index (χ3n) is 3.34. The van der Waals surface area contributed by atoms with Crippen LogP contribution >= 0.6 is 0 Å². The molecule has 2 aromatic rings. The van der Waals surface area contributed by atoms with Crippen LogP contribution in [0.5, 0.6) is 5.75 Å². The molecule has 0 fully saturated rings. The van der Waals surface area contributed by atoms with Gasteiger partial charge in [-0.05, 0) is 12.1 Å². The number of amides is 1. The van der Waals surface area contributed by atoms with Crippen molar-refractivity contribution in [3.05, 3.63) is 63.2 Å². The first-order chi connectivity index (χ1) is 11.6. The Morgan fingerprint density at radius 3 is 2.56 bits per heavy atom. The Morgan fingerprint density at radius 1 is 1.32 bits per heavy atom. The molecule has 2 rings (SSSR count). The van der Waals surface area contributed by atoms with E-state index in [0.29, 0.717) is 12.1 Å². The first kappa shape index (κ1) is 18.2. The Hall–Kier alpha value is -3.10. The molecule has 0 unspecified atom stereocenters. The smallest absolute Gasteiger partial charge is 0.416 e. The fourth-order valence-electron chi connectivity index (χ4n) is 2.06. The number of nitrogens with zero attached hydrogens (tertiary/aromatic N) is 1. The Morgan fingerprint density at radius 2 is 2.00 bits per heavy atom. The van der Waals surface area contributed by atoms with Crippen LogP contribution in [0.15, 0.2) is 39.7 Å². The van der Waals surface area contributed by atoms with Gasteiger partial charge in [-0.25, -0.2) is 0 Å². The van der Waals surface area contributed by atoms with Crippen LogP contribution in [-0.4, -0.2) is 29.2 Å². The van der Waals surface area contributed by atoms with Crippen molar-refractivity contribution in [2.45, 2.75) is 12.7 Å². The average molecular weight is 355 g/mol. The molecular weight excluding hydrogens is 343 g/mol. The Balaban J connectivity index is 2.33. The molecule has 25 heavy (non-hydrogen) atoms. The van der Waals surface area contributed by atoms with Crippen LogP contribution in [0.1, 0.15) is 32.0 Å². The largest absolute Gasteiger partial charge is 0.502 e. The molecule has 0 bridgehead atoms. The molecule has 0 aliphatic heterocycles. The lowest BCUT2D eigenvalue weighted by Gasteiger charge is -2.18. The molecule has 9 heteroatoms. The van der Waals surface area contributed by atoms with Gasteiger partial charge in [0, 0.05) is 18.7 Å². The molecule has 1 aromatic heterocycles. The molecule has 0 spiro atoms. The number of alkyl halides is 3. The van der Waals surface area contributed by atoms with Gasteiger partial charge >= 0.3 is 6.18 Å². The minimum atomic E-state index is -4.67. The SMILES string of the molecule is CN(Cc1cc(=O)c(O)co1)C(=O)c1cc(C(F)(F)F)ccc1C=O. The fraction of sp³-hybridized carbons (Fsp3) is 0.188. The van der Waals surface area contributed by atoms with E-state index in [0.717, 1.165) is 23.3 Å². The second-order valence-corrected chi connectivity index (χ2v) is 5.17. The van der Waals surface area contributed by atoms with Crippen LogP contribution in [0.25, 0.3) is 0 Å². The van der Waals surface area contributed by atoms with Crippen molar-refractivity contribution >= 4 is 12.2 Å². The van der Waals surface area contributed by atoms with Crippen LogP contribution < -0.4 is 5.43 Å². The number of hydrogen-bond donors (Lipinski definition) is 1. The van der Waals surface area contributed by atoms with Crippen LogP contribution in [0.3, 0.4) is 0 Å². The number of carbonyl (C=O) groups excluding carboxylic acids is 2. The highest BCUT2D eigenvalue weighted by molar-refractivity contribution is 6.01. The summed E-state index contributed by atoms with van der Waals surface area (Å²) in [6.45, 7) is -0.247. The predicted octanol–water partition coefficient (Wildman–Crippen LogP) is 2.45. The molecule has 0 aliphatic carbocycles. The zero-order valence-electron chi connectivity index (χ0n) is 12.8. The van der Waals surface area contributed by atoms with Gasteiger partial charge in [0.15, 0.2) is 12.0 Å². The minimum absolute atomic E-state index is 0.0123. The zero-order chi connectivity index (χ0) is 18.8. The second-order valence-electron chi connectivity index (χ2n) is 5.17. The number of halogens is 3. The Labute approximate surface area is 139 Å². The molecule has 1 amide bonds. The van der Waals surface area contributed by atoms with Gasteiger partial charge in [0.1, 0.15) is 12.0 Å². The summed E-state index contributed by atoms with van der Waals surface area (Å²) in [6, 6.07) is 3.17. The Bertz CT molecular complexity index is 873. The van der Waals surface area contributed by atoms with Crippen molar-refractivity contribution in [2.24, 2.45) is 0 Å². The molecule has 1 heterocycles. The van der Waals surface area contributed by atoms with Crippen molar-refractivity contribution in [3.8, 4) is 5.75 Å². The van der Waals surface area contributed by atoms with Crippen LogP contribution in [0.4, 0.5) is 13.2 Å². The lowest BCUT2D eigenvalue weighted by Crippen LogP contribution is -2.28. The van der Waals surface area contributed by atoms with Gasteiger partial charge in [-0.1, -0.05) is 6.07 Å². The quantitative estimate of drug-likeness (QED) is 0.851. The van der Waals surface area contributed by atoms with Gasteiger partial charge in [0.25, 0.3) is 5.91 Å². The third-order valence-corrected chi connectivity index (χ3v) is 3.34. The molecule has 1 aromatic carbocycles. The monoisotopic (exact) mass is 355 g/mol. The Kier molecular flexibility index (Phi) is 4.96. The van der Waals surface area contributed by atoms with E-state index in [4.69, 9.17) is 9.52 Å². The molecular formula is C16H12F3NO5. The molecule has 132 valence electrons. The van der Waals surface area contributed by atoms with Gasteiger partial charge in [-0.2, -0.15) is 13.2 Å². The fourth-order valence-corrected chi connectivity index (χ4v) is 2.06. The molecule has 0 aliphatic rings. The molecule has 6 nitrogen and oxygen atoms in total. The lowest BCUT2D eigenvalue weighted by atomic mass is 10.0. The summed E-state index contributed by atoms with van der Waals surface area (Å²) in [5, 5.41) is 9.11. The van der Waals surface area contributed by atoms with Crippen LogP contribution in [0.2, 0.25) is 0 Å². The summed E-state index contributed by atoms with van der Waals surface area (Å²) >= 11 is 0. The van der Waals surface area contributed by atoms with Gasteiger partial charge in [0.2, 0.25) is 5.43 Å². The zero-order valence-corrected chi connectivity index (χ0v) is 12.8. The second kappa shape index (κ2) is 6.80. The molecule has 1 N–H and O–H groups in total. The summed E-state index contributed by atoms with van der Waals surface area (Å²) in [5.41, 5.74) is -2.41. The van der Waals surface area contributed by atoms with Crippen LogP contribution in [-0.2, 0) is 12.7 Å². The highest BCUT2D eigenvalue weighted by atomic mass is 19.4. The summed E-state index contributed by atoms with van der Waals surface area (Å²) in [4.78, 5) is 35.7. The minimum Gasteiger partial charge on any atom is -0.502 e. The first-order valence-electron chi connectivity index (χ1n) is 6.86. The number of aldehydes is 1. The summed E-state index contributed by atoms with van der Waals surface area (Å²) in [5.74, 6) is -1.46. The maximum Gasteiger partial charge on any atom is 0.416 e. The highest BCUT2D eigenvalue weighted by Crippen LogP contribution is 2.30. The maximum atomic E-state index is 12.8. The van der Waals surface area contributed by atoms with Crippen LogP contribution in [0, 0.1) is 0 Å². The lowest BCUT2D eigenvalue weighted by molar-refractivity contribution is -0.137. The van der Waals surface area contributed by atoms with Crippen molar-refractivity contribution in [1.82, 2.24) is 4.90 Å². The van der Waals surface area contributed by atoms with E-state index in [9.17, 15) is 27.6 Å². The van der Waals surface area contributed by atoms with Gasteiger partial charge in [-0.3, -0.25) is 14.4 Å². The first-order valence-corrected chi connectivity index (χ1v) is 6.86. The number of carbonyl (C=O) groups is 2. The van der Waals surface area contributed by atoms with E-state index in [1.54, 1.807) is 0 Å². The normalized spacial score (nSPS) is 11.2. The summed E-state index contributed by atoms with van der Waals surface area (Å²) in [6.07, 6.45) is -3.60. The van der Waals surface area contributed by atoms with E-state index in [2.05, 4.69) is 0 Å². The summed E-state index contributed by atoms with van der Waals surface area (Å²) < 4.78 is 43.4. The topological polar surface area (TPSA) is 87.8 Å². The van der Waals surface area contributed by atoms with Gasteiger partial charge in [0.05, 0.1) is 17.7 Å². The molecule has 0 radical (unpaired) electrons. The maximum absolute atomic E-state index is 12.8. The van der Waals surface area contributed by atoms with E-state index in [-0.39, 0.29) is 24.2 Å². The van der Waals surface area contributed by atoms with Crippen molar-refractivity contribution < 1.29 is 32.3 Å². The van der Waals surface area contributed by atoms with Crippen molar-refractivity contribution in [3.63, 3.8) is 0 Å². The predicted molar refractivity (Wildman–Crippen MR) is 79.3 cm³/mol.